The molecule has 2 aromatic heterocycles. The molecule has 5 heteroatoms. The molecule has 3 atom stereocenters. The fourth-order valence-electron chi connectivity index (χ4n) is 4.02. The van der Waals surface area contributed by atoms with Gasteiger partial charge >= 0.3 is 0 Å². The van der Waals surface area contributed by atoms with Crippen molar-refractivity contribution in [2.24, 2.45) is 5.92 Å². The first-order chi connectivity index (χ1) is 13.0. The van der Waals surface area contributed by atoms with Gasteiger partial charge in [0.25, 0.3) is 5.56 Å². The zero-order valence-electron chi connectivity index (χ0n) is 16.3. The number of quaternary nitrogens is 1. The molecule has 0 spiro atoms. The number of aryl methyl sites for hydroxylation is 1. The van der Waals surface area contributed by atoms with E-state index in [1.54, 1.807) is 11.3 Å². The highest BCUT2D eigenvalue weighted by molar-refractivity contribution is 7.18. The molecule has 0 fully saturated rings. The highest BCUT2D eigenvalue weighted by Crippen LogP contribution is 2.35. The number of hydrogen-bond acceptors (Lipinski definition) is 3. The number of thiophene rings is 1. The maximum Gasteiger partial charge on any atom is 0.260 e. The van der Waals surface area contributed by atoms with Crippen LogP contribution in [0.4, 0.5) is 0 Å². The van der Waals surface area contributed by atoms with Crippen LogP contribution in [0, 0.1) is 5.92 Å². The number of nitrogens with two attached hydrogens (primary N) is 1. The number of aromatic nitrogens is 2. The predicted molar refractivity (Wildman–Crippen MR) is 111 cm³/mol. The van der Waals surface area contributed by atoms with Crippen molar-refractivity contribution in [2.45, 2.75) is 52.0 Å². The molecule has 27 heavy (non-hydrogen) atoms. The molecule has 0 amide bonds. The SMILES string of the molecule is C[C@H]1CCc2c(sc3nc([C@H](C)[NH2+]C[C@@H](C)c4ccccc4)[nH]c(=O)c23)C1. The van der Waals surface area contributed by atoms with E-state index in [-0.39, 0.29) is 11.6 Å². The van der Waals surface area contributed by atoms with Crippen LogP contribution in [0.1, 0.15) is 61.0 Å². The van der Waals surface area contributed by atoms with Crippen molar-refractivity contribution in [1.29, 1.82) is 0 Å². The van der Waals surface area contributed by atoms with E-state index in [0.717, 1.165) is 35.4 Å². The molecule has 2 heterocycles. The van der Waals surface area contributed by atoms with Gasteiger partial charge in [-0.3, -0.25) is 4.79 Å². The Morgan fingerprint density at radius 2 is 2.07 bits per heavy atom. The monoisotopic (exact) mass is 382 g/mol. The van der Waals surface area contributed by atoms with Crippen molar-refractivity contribution in [2.75, 3.05) is 6.54 Å². The van der Waals surface area contributed by atoms with E-state index in [0.29, 0.717) is 11.8 Å². The van der Waals surface area contributed by atoms with Crippen LogP contribution in [0.25, 0.3) is 10.2 Å². The molecule has 1 aromatic carbocycles. The van der Waals surface area contributed by atoms with Crippen molar-refractivity contribution < 1.29 is 5.32 Å². The number of benzene rings is 1. The van der Waals surface area contributed by atoms with E-state index >= 15 is 0 Å². The standard InChI is InChI=1S/C22H27N3OS/c1-13-9-10-17-18(11-13)27-22-19(17)21(26)24-20(25-22)15(3)23-12-14(2)16-7-5-4-6-8-16/h4-8,13-15,23H,9-12H2,1-3H3,(H,24,25,26)/p+1/t13-,14+,15-/m0/s1. The summed E-state index contributed by atoms with van der Waals surface area (Å²) in [5.41, 5.74) is 2.64. The van der Waals surface area contributed by atoms with Crippen molar-refractivity contribution >= 4 is 21.6 Å². The minimum Gasteiger partial charge on any atom is -0.337 e. The van der Waals surface area contributed by atoms with Gasteiger partial charge in [0.05, 0.1) is 11.9 Å². The second-order valence-corrected chi connectivity index (χ2v) is 9.14. The molecule has 0 saturated carbocycles. The summed E-state index contributed by atoms with van der Waals surface area (Å²) in [6.45, 7) is 7.62. The molecule has 4 nitrogen and oxygen atoms in total. The molecule has 3 aromatic rings. The van der Waals surface area contributed by atoms with Gasteiger partial charge in [0.1, 0.15) is 10.9 Å². The van der Waals surface area contributed by atoms with E-state index in [2.05, 4.69) is 55.3 Å². The van der Waals surface area contributed by atoms with Crippen molar-refractivity contribution in [3.8, 4) is 0 Å². The second-order valence-electron chi connectivity index (χ2n) is 8.05. The molecule has 0 aliphatic heterocycles. The van der Waals surface area contributed by atoms with Crippen LogP contribution >= 0.6 is 11.3 Å². The van der Waals surface area contributed by atoms with Crippen LogP contribution in [0.15, 0.2) is 35.1 Å². The summed E-state index contributed by atoms with van der Waals surface area (Å²) >= 11 is 1.73. The average molecular weight is 383 g/mol. The van der Waals surface area contributed by atoms with Gasteiger partial charge in [0, 0.05) is 10.8 Å². The number of nitrogens with one attached hydrogen (secondary N) is 1. The van der Waals surface area contributed by atoms with Crippen LogP contribution in [0.5, 0.6) is 0 Å². The Kier molecular flexibility index (Phi) is 5.15. The molecule has 4 rings (SSSR count). The first-order valence-corrected chi connectivity index (χ1v) is 10.8. The zero-order valence-corrected chi connectivity index (χ0v) is 17.1. The maximum atomic E-state index is 12.8. The minimum atomic E-state index is 0.0402. The Bertz CT molecular complexity index is 992. The molecule has 0 saturated heterocycles. The summed E-state index contributed by atoms with van der Waals surface area (Å²) < 4.78 is 0. The lowest BCUT2D eigenvalue weighted by Crippen LogP contribution is -2.85. The number of nitrogens with zero attached hydrogens (tertiary/aromatic N) is 1. The lowest BCUT2D eigenvalue weighted by molar-refractivity contribution is -0.695. The Labute approximate surface area is 164 Å². The number of H-pyrrole nitrogens is 1. The van der Waals surface area contributed by atoms with Gasteiger partial charge in [0.2, 0.25) is 0 Å². The maximum absolute atomic E-state index is 12.8. The average Bonchev–Trinajstić information content (AvgIpc) is 3.04. The van der Waals surface area contributed by atoms with Crippen molar-refractivity contribution in [3.05, 3.63) is 62.5 Å². The third-order valence-electron chi connectivity index (χ3n) is 5.83. The summed E-state index contributed by atoms with van der Waals surface area (Å²) in [6.07, 6.45) is 3.26. The van der Waals surface area contributed by atoms with E-state index < -0.39 is 0 Å². The van der Waals surface area contributed by atoms with Gasteiger partial charge in [-0.05, 0) is 43.2 Å². The summed E-state index contributed by atoms with van der Waals surface area (Å²) in [5.74, 6) is 1.95. The van der Waals surface area contributed by atoms with E-state index in [1.165, 1.54) is 22.4 Å². The van der Waals surface area contributed by atoms with Gasteiger partial charge in [-0.2, -0.15) is 0 Å². The van der Waals surface area contributed by atoms with Crippen molar-refractivity contribution in [3.63, 3.8) is 0 Å². The Balaban J connectivity index is 1.54. The summed E-state index contributed by atoms with van der Waals surface area (Å²) in [5, 5.41) is 3.12. The zero-order chi connectivity index (χ0) is 19.0. The van der Waals surface area contributed by atoms with Crippen LogP contribution in [0.3, 0.4) is 0 Å². The first-order valence-electron chi connectivity index (χ1n) is 9.95. The van der Waals surface area contributed by atoms with Gasteiger partial charge in [0.15, 0.2) is 5.82 Å². The number of rotatable bonds is 5. The van der Waals surface area contributed by atoms with Crippen molar-refractivity contribution in [1.82, 2.24) is 9.97 Å². The summed E-state index contributed by atoms with van der Waals surface area (Å²) in [4.78, 5) is 23.0. The minimum absolute atomic E-state index is 0.0402. The first kappa shape index (κ1) is 18.4. The smallest absolute Gasteiger partial charge is 0.260 e. The van der Waals surface area contributed by atoms with E-state index in [1.807, 2.05) is 6.07 Å². The van der Waals surface area contributed by atoms with Gasteiger partial charge in [-0.15, -0.1) is 11.3 Å². The topological polar surface area (TPSA) is 62.4 Å². The number of hydrogen-bond donors (Lipinski definition) is 2. The summed E-state index contributed by atoms with van der Waals surface area (Å²) in [6, 6.07) is 10.7. The quantitative estimate of drug-likeness (QED) is 0.709. The highest BCUT2D eigenvalue weighted by Gasteiger charge is 2.24. The third kappa shape index (κ3) is 3.71. The largest absolute Gasteiger partial charge is 0.337 e. The Morgan fingerprint density at radius 1 is 1.30 bits per heavy atom. The van der Waals surface area contributed by atoms with Crippen LogP contribution in [-0.2, 0) is 12.8 Å². The summed E-state index contributed by atoms with van der Waals surface area (Å²) in [7, 11) is 0. The second kappa shape index (κ2) is 7.56. The van der Waals surface area contributed by atoms with Gasteiger partial charge < -0.3 is 10.3 Å². The molecular formula is C22H28N3OS+. The Morgan fingerprint density at radius 3 is 2.85 bits per heavy atom. The van der Waals surface area contributed by atoms with E-state index in [4.69, 9.17) is 4.98 Å². The molecule has 1 aliphatic carbocycles. The molecule has 0 unspecified atom stereocenters. The predicted octanol–water partition coefficient (Wildman–Crippen LogP) is 3.54. The molecule has 0 radical (unpaired) electrons. The fraction of sp³-hybridized carbons (Fsp3) is 0.455. The molecule has 142 valence electrons. The normalized spacial score (nSPS) is 19.0. The molecule has 0 bridgehead atoms. The fourth-order valence-corrected chi connectivity index (χ4v) is 5.41. The van der Waals surface area contributed by atoms with E-state index in [9.17, 15) is 4.79 Å². The van der Waals surface area contributed by atoms with Crippen LogP contribution in [-0.4, -0.2) is 16.5 Å². The lowest BCUT2D eigenvalue weighted by Gasteiger charge is -2.17. The van der Waals surface area contributed by atoms with Crippen LogP contribution < -0.4 is 10.9 Å². The van der Waals surface area contributed by atoms with Gasteiger partial charge in [-0.25, -0.2) is 4.98 Å². The number of fused-ring (bicyclic) bond motifs is 3. The highest BCUT2D eigenvalue weighted by atomic mass is 32.1. The van der Waals surface area contributed by atoms with Gasteiger partial charge in [-0.1, -0.05) is 44.2 Å². The lowest BCUT2D eigenvalue weighted by atomic mass is 9.89. The molecular weight excluding hydrogens is 354 g/mol. The van der Waals surface area contributed by atoms with Crippen LogP contribution in [0.2, 0.25) is 0 Å². The molecule has 1 aliphatic rings. The third-order valence-corrected chi connectivity index (χ3v) is 6.98. The Hall–Kier alpha value is -1.98. The molecule has 3 N–H and O–H groups in total. The number of aromatic amines is 1.